The number of ether oxygens (including phenoxy) is 3. The number of likely N-dealkylation sites (tertiary alicyclic amines) is 2. The molecule has 99 heavy (non-hydrogen) atoms. The minimum atomic E-state index is -5.15. The van der Waals surface area contributed by atoms with Gasteiger partial charge in [0.05, 0.1) is 29.5 Å². The Balaban J connectivity index is 0.603. The average molecular weight is 1380 g/mol. The van der Waals surface area contributed by atoms with Crippen LogP contribution in [0.4, 0.5) is 41.2 Å². The summed E-state index contributed by atoms with van der Waals surface area (Å²) in [6.45, 7) is 6.24. The fourth-order valence-corrected chi connectivity index (χ4v) is 14.2. The van der Waals surface area contributed by atoms with E-state index in [0.29, 0.717) is 107 Å². The van der Waals surface area contributed by atoms with E-state index in [1.165, 1.54) is 29.8 Å². The maximum atomic E-state index is 14.2. The lowest BCUT2D eigenvalue weighted by Gasteiger charge is -2.44. The number of alkyl halides is 6. The van der Waals surface area contributed by atoms with Gasteiger partial charge in [-0.25, -0.2) is 9.18 Å². The molecule has 1 unspecified atom stereocenters. The molecule has 3 saturated heterocycles. The van der Waals surface area contributed by atoms with Crippen molar-refractivity contribution >= 4 is 35.4 Å². The summed E-state index contributed by atoms with van der Waals surface area (Å²) in [6, 6.07) is 39.6. The van der Waals surface area contributed by atoms with Crippen molar-refractivity contribution in [1.29, 1.82) is 0 Å². The van der Waals surface area contributed by atoms with E-state index < -0.39 is 64.6 Å². The van der Waals surface area contributed by atoms with Crippen LogP contribution in [0.25, 0.3) is 11.1 Å². The Labute approximate surface area is 574 Å². The minimum absolute atomic E-state index is 0.0273. The summed E-state index contributed by atoms with van der Waals surface area (Å²) in [4.78, 5) is 79.8. The maximum absolute atomic E-state index is 14.2. The van der Waals surface area contributed by atoms with Crippen LogP contribution in [-0.4, -0.2) is 190 Å². The van der Waals surface area contributed by atoms with Crippen molar-refractivity contribution < 1.29 is 68.9 Å². The SMILES string of the molecule is CN(CCCCCC(=O)N(C)CCN1CCC(OC(=O)Nc2ccccc2-c2ccccc2)CC1)Cc1ccc(C(=O)N(C)CCCN(C)C(=O)COC2Cc3ccccc3C23CCN(CC[C@]2(c4ccc(F)cc4)CN(C(=O)c4cc(C(F)(F)F)cc(C(F)(F)F)c4)CO2)CC3)cc1. The molecular weight excluding hydrogens is 1290 g/mol. The Bertz CT molecular complexity index is 3680. The topological polar surface area (TPSA) is 148 Å². The monoisotopic (exact) mass is 1370 g/mol. The summed E-state index contributed by atoms with van der Waals surface area (Å²) >= 11 is 0. The molecule has 3 heterocycles. The summed E-state index contributed by atoms with van der Waals surface area (Å²) < 4.78 is 116. The number of nitrogens with one attached hydrogen (secondary N) is 1. The molecule has 1 spiro atoms. The number of benzene rings is 6. The number of halogens is 7. The van der Waals surface area contributed by atoms with E-state index in [9.17, 15) is 54.7 Å². The van der Waals surface area contributed by atoms with Gasteiger partial charge >= 0.3 is 18.4 Å². The van der Waals surface area contributed by atoms with E-state index in [2.05, 4.69) is 39.2 Å². The zero-order valence-corrected chi connectivity index (χ0v) is 56.7. The third-order valence-corrected chi connectivity index (χ3v) is 20.1. The van der Waals surface area contributed by atoms with Crippen LogP contribution >= 0.6 is 0 Å². The Morgan fingerprint density at radius 1 is 0.636 bits per heavy atom. The Kier molecular flexibility index (Phi) is 24.4. The van der Waals surface area contributed by atoms with E-state index in [4.69, 9.17) is 14.2 Å². The predicted molar refractivity (Wildman–Crippen MR) is 363 cm³/mol. The van der Waals surface area contributed by atoms with Gasteiger partial charge in [-0.1, -0.05) is 103 Å². The molecule has 16 nitrogen and oxygen atoms in total. The van der Waals surface area contributed by atoms with E-state index >= 15 is 0 Å². The first-order valence-corrected chi connectivity index (χ1v) is 34.1. The summed E-state index contributed by atoms with van der Waals surface area (Å²) in [5, 5.41) is 2.94. The number of nitrogens with zero attached hydrogens (tertiary/aromatic N) is 7. The van der Waals surface area contributed by atoms with Crippen molar-refractivity contribution in [1.82, 2.24) is 34.3 Å². The first-order chi connectivity index (χ1) is 47.4. The van der Waals surface area contributed by atoms with Gasteiger partial charge in [0.15, 0.2) is 0 Å². The Morgan fingerprint density at radius 3 is 1.97 bits per heavy atom. The molecule has 0 radical (unpaired) electrons. The highest BCUT2D eigenvalue weighted by Crippen LogP contribution is 2.49. The number of amides is 5. The molecule has 2 atom stereocenters. The summed E-state index contributed by atoms with van der Waals surface area (Å²) in [7, 11) is 7.40. The second-order valence-electron chi connectivity index (χ2n) is 26.9. The van der Waals surface area contributed by atoms with Gasteiger partial charge in [-0.15, -0.1) is 0 Å². The molecule has 6 aromatic rings. The lowest BCUT2D eigenvalue weighted by atomic mass is 9.72. The molecule has 1 N–H and O–H groups in total. The van der Waals surface area contributed by atoms with Gasteiger partial charge in [0.2, 0.25) is 11.8 Å². The molecule has 530 valence electrons. The molecule has 0 saturated carbocycles. The zero-order valence-electron chi connectivity index (χ0n) is 56.7. The van der Waals surface area contributed by atoms with Crippen molar-refractivity contribution in [3.05, 3.63) is 196 Å². The van der Waals surface area contributed by atoms with Gasteiger partial charge in [-0.2, -0.15) is 26.3 Å². The van der Waals surface area contributed by atoms with Gasteiger partial charge in [0.1, 0.15) is 30.9 Å². The lowest BCUT2D eigenvalue weighted by Crippen LogP contribution is -2.50. The third kappa shape index (κ3) is 19.0. The zero-order chi connectivity index (χ0) is 70.5. The van der Waals surface area contributed by atoms with Crippen LogP contribution in [0.1, 0.15) is 118 Å². The fourth-order valence-electron chi connectivity index (χ4n) is 14.2. The van der Waals surface area contributed by atoms with E-state index in [-0.39, 0.29) is 55.6 Å². The van der Waals surface area contributed by atoms with Crippen LogP contribution in [0.15, 0.2) is 146 Å². The van der Waals surface area contributed by atoms with E-state index in [0.717, 1.165) is 85.4 Å². The van der Waals surface area contributed by atoms with Crippen LogP contribution in [0.5, 0.6) is 0 Å². The maximum Gasteiger partial charge on any atom is 0.416 e. The second-order valence-corrected chi connectivity index (χ2v) is 26.9. The molecule has 3 fully saturated rings. The van der Waals surface area contributed by atoms with Crippen molar-refractivity contribution in [3.63, 3.8) is 0 Å². The summed E-state index contributed by atoms with van der Waals surface area (Å²) in [5.74, 6) is -1.78. The van der Waals surface area contributed by atoms with Gasteiger partial charge < -0.3 is 48.5 Å². The number of carbonyl (C=O) groups excluding carboxylic acids is 5. The molecule has 4 aliphatic rings. The Hall–Kier alpha value is -8.22. The Morgan fingerprint density at radius 2 is 1.27 bits per heavy atom. The number of hydrogen-bond acceptors (Lipinski definition) is 11. The number of hydrogen-bond donors (Lipinski definition) is 1. The first-order valence-electron chi connectivity index (χ1n) is 34.1. The highest BCUT2D eigenvalue weighted by atomic mass is 19.4. The average Bonchev–Trinajstić information content (AvgIpc) is 1.63. The number of para-hydroxylation sites is 1. The standard InChI is InChI=1S/C76H89F7N8O8/c1-85(36-14-6-9-22-68(92)87(3)44-45-89-39-31-63(32-40-89)99-72(96)84-66-21-13-11-19-64(66)55-16-7-5-8-17-55)50-54-23-25-56(26-24-54)70(94)88(4)38-15-37-86(2)69(93)51-97-67-48-57-18-10-12-20-65(57)73(67)33-41-90(42-34-73)43-35-74(59-27-29-62(77)30-28-59)52-91(53-98-74)71(95)58-46-60(75(78,79)80)49-61(47-58)76(81,82)83/h5,7-8,10-13,16-21,23-30,46-47,49,63,67H,6,9,14-15,22,31-45,48,50-53H2,1-4H3,(H,84,96)/t67?,74-/m1/s1. The number of unbranched alkanes of at least 4 members (excludes halogenated alkanes) is 2. The van der Waals surface area contributed by atoms with Gasteiger partial charge in [-0.05, 0) is 161 Å². The number of carbonyl (C=O) groups is 5. The molecule has 10 rings (SSSR count). The predicted octanol–water partition coefficient (Wildman–Crippen LogP) is 13.0. The van der Waals surface area contributed by atoms with Crippen LogP contribution in [-0.2, 0) is 60.1 Å². The number of piperidine rings is 2. The van der Waals surface area contributed by atoms with E-state index in [1.807, 2.05) is 103 Å². The highest BCUT2D eigenvalue weighted by molar-refractivity contribution is 5.95. The second kappa shape index (κ2) is 32.8. The highest BCUT2D eigenvalue weighted by Gasteiger charge is 2.50. The number of anilines is 1. The molecule has 0 bridgehead atoms. The molecule has 6 aromatic carbocycles. The van der Waals surface area contributed by atoms with Crippen molar-refractivity contribution in [2.75, 3.05) is 119 Å². The third-order valence-electron chi connectivity index (χ3n) is 20.1. The molecule has 0 aromatic heterocycles. The van der Waals surface area contributed by atoms with Crippen LogP contribution in [0, 0.1) is 5.82 Å². The summed E-state index contributed by atoms with van der Waals surface area (Å²) in [5.41, 5.74) is 1.43. The fraction of sp³-hybridized carbons (Fsp3) is 0.461. The first kappa shape index (κ1) is 73.5. The van der Waals surface area contributed by atoms with Crippen molar-refractivity contribution in [2.24, 2.45) is 0 Å². The molecular formula is C76H89F7N8O8. The van der Waals surface area contributed by atoms with Gasteiger partial charge in [-0.3, -0.25) is 24.5 Å². The van der Waals surface area contributed by atoms with Gasteiger partial charge in [0.25, 0.3) is 11.8 Å². The van der Waals surface area contributed by atoms with Crippen molar-refractivity contribution in [3.8, 4) is 11.1 Å². The number of fused-ring (bicyclic) bond motifs is 2. The normalized spacial score (nSPS) is 18.1. The summed E-state index contributed by atoms with van der Waals surface area (Å²) in [6.07, 6.45) is -3.81. The number of likely N-dealkylation sites (N-methyl/N-ethyl adjacent to an activating group) is 2. The van der Waals surface area contributed by atoms with Gasteiger partial charge in [0, 0.05) is 102 Å². The van der Waals surface area contributed by atoms with Crippen LogP contribution in [0.2, 0.25) is 0 Å². The quantitative estimate of drug-likeness (QED) is 0.0388. The number of rotatable bonds is 27. The largest absolute Gasteiger partial charge is 0.446 e. The molecule has 23 heteroatoms. The van der Waals surface area contributed by atoms with Crippen molar-refractivity contribution in [2.45, 2.75) is 113 Å². The minimum Gasteiger partial charge on any atom is -0.446 e. The molecule has 1 aliphatic carbocycles. The molecule has 5 amide bonds. The van der Waals surface area contributed by atoms with Crippen LogP contribution in [0.3, 0.4) is 0 Å². The molecule has 3 aliphatic heterocycles. The lowest BCUT2D eigenvalue weighted by molar-refractivity contribution is -0.143. The van der Waals surface area contributed by atoms with E-state index in [1.54, 1.807) is 23.9 Å². The smallest absolute Gasteiger partial charge is 0.416 e. The van der Waals surface area contributed by atoms with Crippen LogP contribution < -0.4 is 5.32 Å².